The Hall–Kier alpha value is -2.67. The van der Waals surface area contributed by atoms with Crippen LogP contribution in [0.1, 0.15) is 54.4 Å². The zero-order valence-electron chi connectivity index (χ0n) is 18.7. The summed E-state index contributed by atoms with van der Waals surface area (Å²) in [6.07, 6.45) is 1.31. The number of anilines is 1. The molecule has 0 unspecified atom stereocenters. The molecule has 3 rings (SSSR count). The van der Waals surface area contributed by atoms with Crippen molar-refractivity contribution in [3.63, 3.8) is 0 Å². The highest BCUT2D eigenvalue weighted by Gasteiger charge is 2.29. The number of nitrogens with one attached hydrogen (secondary N) is 2. The van der Waals surface area contributed by atoms with Crippen molar-refractivity contribution in [3.05, 3.63) is 52.4 Å². The average molecular weight is 442 g/mol. The molecule has 2 aromatic rings. The third-order valence-corrected chi connectivity index (χ3v) is 6.63. The van der Waals surface area contributed by atoms with Crippen molar-refractivity contribution < 1.29 is 14.4 Å². The van der Waals surface area contributed by atoms with Gasteiger partial charge >= 0.3 is 0 Å². The number of carbonyl (C=O) groups is 3. The molecule has 1 aromatic carbocycles. The summed E-state index contributed by atoms with van der Waals surface area (Å²) in [5.74, 6) is -0.119. The van der Waals surface area contributed by atoms with E-state index in [0.717, 1.165) is 11.1 Å². The minimum atomic E-state index is -0.495. The first-order valence-electron chi connectivity index (χ1n) is 10.7. The minimum absolute atomic E-state index is 0.0260. The maximum atomic E-state index is 13.0. The van der Waals surface area contributed by atoms with Crippen LogP contribution in [0.4, 0.5) is 5.00 Å². The predicted octanol–water partition coefficient (Wildman–Crippen LogP) is 4.21. The van der Waals surface area contributed by atoms with E-state index in [1.165, 1.54) is 11.3 Å². The van der Waals surface area contributed by atoms with Crippen LogP contribution in [0.15, 0.2) is 36.4 Å². The third-order valence-electron chi connectivity index (χ3n) is 5.49. The molecule has 0 spiro atoms. The number of carbonyl (C=O) groups excluding carboxylic acids is 3. The van der Waals surface area contributed by atoms with E-state index in [1.807, 2.05) is 69.0 Å². The number of rotatable bonds is 5. The molecule has 1 aliphatic rings. The lowest BCUT2D eigenvalue weighted by Crippen LogP contribution is -2.42. The second kappa shape index (κ2) is 9.64. The van der Waals surface area contributed by atoms with Crippen LogP contribution in [0.2, 0.25) is 0 Å². The molecule has 2 heterocycles. The van der Waals surface area contributed by atoms with Crippen LogP contribution in [0, 0.1) is 18.3 Å². The van der Waals surface area contributed by atoms with Crippen molar-refractivity contribution in [1.82, 2.24) is 10.2 Å². The van der Waals surface area contributed by atoms with Crippen LogP contribution in [0.3, 0.4) is 0 Å². The van der Waals surface area contributed by atoms with Gasteiger partial charge in [-0.25, -0.2) is 0 Å². The Morgan fingerprint density at radius 1 is 1.10 bits per heavy atom. The zero-order valence-corrected chi connectivity index (χ0v) is 19.5. The fourth-order valence-electron chi connectivity index (χ4n) is 3.47. The van der Waals surface area contributed by atoms with E-state index in [2.05, 4.69) is 10.6 Å². The predicted molar refractivity (Wildman–Crippen MR) is 124 cm³/mol. The number of amides is 3. The quantitative estimate of drug-likeness (QED) is 0.730. The number of hydrogen-bond donors (Lipinski definition) is 2. The summed E-state index contributed by atoms with van der Waals surface area (Å²) in [6, 6.07) is 11.7. The molecular formula is C24H31N3O3S. The van der Waals surface area contributed by atoms with Gasteiger partial charge in [-0.1, -0.05) is 51.1 Å². The van der Waals surface area contributed by atoms with Crippen molar-refractivity contribution in [2.24, 2.45) is 11.3 Å². The molecule has 31 heavy (non-hydrogen) atoms. The topological polar surface area (TPSA) is 78.5 Å². The van der Waals surface area contributed by atoms with E-state index in [-0.39, 0.29) is 23.6 Å². The largest absolute Gasteiger partial charge is 0.352 e. The van der Waals surface area contributed by atoms with Gasteiger partial charge in [0.2, 0.25) is 11.8 Å². The first kappa shape index (κ1) is 23.0. The van der Waals surface area contributed by atoms with Gasteiger partial charge in [0, 0.05) is 31.0 Å². The van der Waals surface area contributed by atoms with Crippen molar-refractivity contribution in [3.8, 4) is 0 Å². The SMILES string of the molecule is Cc1cc(NC(=O)C(C)(C)C)sc1C(=O)N1CCC(C(=O)NCc2ccccc2)CC1. The first-order valence-corrected chi connectivity index (χ1v) is 11.5. The van der Waals surface area contributed by atoms with E-state index in [1.54, 1.807) is 0 Å². The van der Waals surface area contributed by atoms with Gasteiger partial charge in [0.05, 0.1) is 9.88 Å². The van der Waals surface area contributed by atoms with Gasteiger partial charge in [0.15, 0.2) is 0 Å². The highest BCUT2D eigenvalue weighted by atomic mass is 32.1. The fraction of sp³-hybridized carbons (Fsp3) is 0.458. The summed E-state index contributed by atoms with van der Waals surface area (Å²) in [6.45, 7) is 9.10. The van der Waals surface area contributed by atoms with Gasteiger partial charge < -0.3 is 15.5 Å². The molecule has 6 nitrogen and oxygen atoms in total. The number of piperidine rings is 1. The summed E-state index contributed by atoms with van der Waals surface area (Å²) in [5.41, 5.74) is 1.44. The van der Waals surface area contributed by atoms with E-state index in [4.69, 9.17) is 0 Å². The van der Waals surface area contributed by atoms with Crippen molar-refractivity contribution in [2.75, 3.05) is 18.4 Å². The van der Waals surface area contributed by atoms with E-state index in [9.17, 15) is 14.4 Å². The summed E-state index contributed by atoms with van der Waals surface area (Å²) >= 11 is 1.32. The maximum Gasteiger partial charge on any atom is 0.264 e. The smallest absolute Gasteiger partial charge is 0.264 e. The number of likely N-dealkylation sites (tertiary alicyclic amines) is 1. The summed E-state index contributed by atoms with van der Waals surface area (Å²) < 4.78 is 0. The Morgan fingerprint density at radius 3 is 2.35 bits per heavy atom. The number of aryl methyl sites for hydroxylation is 1. The number of hydrogen-bond acceptors (Lipinski definition) is 4. The van der Waals surface area contributed by atoms with Crippen LogP contribution in [0.25, 0.3) is 0 Å². The van der Waals surface area contributed by atoms with E-state index in [0.29, 0.717) is 42.4 Å². The molecule has 1 saturated heterocycles. The highest BCUT2D eigenvalue weighted by molar-refractivity contribution is 7.18. The van der Waals surface area contributed by atoms with Gasteiger partial charge in [-0.3, -0.25) is 14.4 Å². The molecule has 1 fully saturated rings. The van der Waals surface area contributed by atoms with Crippen LogP contribution >= 0.6 is 11.3 Å². The number of thiophene rings is 1. The lowest BCUT2D eigenvalue weighted by atomic mass is 9.95. The van der Waals surface area contributed by atoms with Crippen LogP contribution in [-0.4, -0.2) is 35.7 Å². The second-order valence-corrected chi connectivity index (χ2v) is 10.1. The van der Waals surface area contributed by atoms with Crippen molar-refractivity contribution in [2.45, 2.75) is 47.1 Å². The average Bonchev–Trinajstić information content (AvgIpc) is 3.11. The van der Waals surface area contributed by atoms with Crippen LogP contribution in [-0.2, 0) is 16.1 Å². The maximum absolute atomic E-state index is 13.0. The van der Waals surface area contributed by atoms with Crippen molar-refractivity contribution >= 4 is 34.1 Å². The molecule has 0 radical (unpaired) electrons. The van der Waals surface area contributed by atoms with E-state index >= 15 is 0 Å². The molecule has 3 amide bonds. The molecule has 1 aromatic heterocycles. The molecule has 166 valence electrons. The third kappa shape index (κ3) is 5.94. The molecule has 0 aliphatic carbocycles. The molecular weight excluding hydrogens is 410 g/mol. The van der Waals surface area contributed by atoms with E-state index < -0.39 is 5.41 Å². The second-order valence-electron chi connectivity index (χ2n) is 9.10. The standard InChI is InChI=1S/C24H31N3O3S/c1-16-14-19(26-23(30)24(2,3)4)31-20(16)22(29)27-12-10-18(11-13-27)21(28)25-15-17-8-6-5-7-9-17/h5-9,14,18H,10-13,15H2,1-4H3,(H,25,28)(H,26,30). The summed E-state index contributed by atoms with van der Waals surface area (Å²) in [5, 5.41) is 6.60. The Bertz CT molecular complexity index is 939. The molecule has 1 aliphatic heterocycles. The normalized spacial score (nSPS) is 14.9. The number of benzene rings is 1. The first-order chi connectivity index (χ1) is 14.6. The lowest BCUT2D eigenvalue weighted by Gasteiger charge is -2.31. The lowest BCUT2D eigenvalue weighted by molar-refractivity contribution is -0.126. The summed E-state index contributed by atoms with van der Waals surface area (Å²) in [4.78, 5) is 40.2. The van der Waals surface area contributed by atoms with Crippen molar-refractivity contribution in [1.29, 1.82) is 0 Å². The molecule has 0 bridgehead atoms. The Kier molecular flexibility index (Phi) is 7.15. The molecule has 7 heteroatoms. The van der Waals surface area contributed by atoms with Crippen LogP contribution in [0.5, 0.6) is 0 Å². The van der Waals surface area contributed by atoms with Crippen LogP contribution < -0.4 is 10.6 Å². The van der Waals surface area contributed by atoms with Gasteiger partial charge in [-0.2, -0.15) is 0 Å². The molecule has 0 saturated carbocycles. The molecule has 2 N–H and O–H groups in total. The van der Waals surface area contributed by atoms with Gasteiger partial charge in [0.1, 0.15) is 0 Å². The fourth-order valence-corrected chi connectivity index (χ4v) is 4.51. The number of nitrogens with zero attached hydrogens (tertiary/aromatic N) is 1. The Morgan fingerprint density at radius 2 is 1.74 bits per heavy atom. The minimum Gasteiger partial charge on any atom is -0.352 e. The zero-order chi connectivity index (χ0) is 22.6. The Balaban J connectivity index is 1.53. The highest BCUT2D eigenvalue weighted by Crippen LogP contribution is 2.30. The van der Waals surface area contributed by atoms with Gasteiger partial charge in [0.25, 0.3) is 5.91 Å². The summed E-state index contributed by atoms with van der Waals surface area (Å²) in [7, 11) is 0. The monoisotopic (exact) mass is 441 g/mol. The van der Waals surface area contributed by atoms with Gasteiger partial charge in [-0.15, -0.1) is 11.3 Å². The molecule has 0 atom stereocenters. The van der Waals surface area contributed by atoms with Gasteiger partial charge in [-0.05, 0) is 37.0 Å². The Labute approximate surface area is 188 Å².